The van der Waals surface area contributed by atoms with Crippen LogP contribution >= 0.6 is 0 Å². The van der Waals surface area contributed by atoms with Gasteiger partial charge in [-0.15, -0.1) is 0 Å². The van der Waals surface area contributed by atoms with Gasteiger partial charge in [-0.2, -0.15) is 10.1 Å². The number of hydrogen-bond acceptors (Lipinski definition) is 4. The molecule has 0 atom stereocenters. The van der Waals surface area contributed by atoms with E-state index in [0.717, 1.165) is 27.7 Å². The molecule has 0 fully saturated rings. The van der Waals surface area contributed by atoms with Crippen molar-refractivity contribution in [2.24, 2.45) is 7.05 Å². The minimum absolute atomic E-state index is 0.0647. The molecule has 0 aliphatic heterocycles. The van der Waals surface area contributed by atoms with Gasteiger partial charge in [0.15, 0.2) is 11.2 Å². The highest BCUT2D eigenvalue weighted by atomic mass is 16.2. The van der Waals surface area contributed by atoms with E-state index < -0.39 is 5.69 Å². The lowest BCUT2D eigenvalue weighted by molar-refractivity contribution is 0.577. The first-order chi connectivity index (χ1) is 15.8. The summed E-state index contributed by atoms with van der Waals surface area (Å²) in [5.74, 6) is 0.528. The Balaban J connectivity index is 1.80. The van der Waals surface area contributed by atoms with Gasteiger partial charge in [0.1, 0.15) is 0 Å². The largest absolute Gasteiger partial charge is 0.332 e. The minimum Gasteiger partial charge on any atom is -0.300 e. The lowest BCUT2D eigenvalue weighted by Gasteiger charge is -2.14. The number of hydrogen-bond donors (Lipinski definition) is 0. The molecule has 0 aliphatic carbocycles. The first-order valence-corrected chi connectivity index (χ1v) is 11.0. The number of aryl methyl sites for hydroxylation is 3. The summed E-state index contributed by atoms with van der Waals surface area (Å²) in [4.78, 5) is 31.8. The molecule has 2 aromatic carbocycles. The first kappa shape index (κ1) is 20.9. The predicted molar refractivity (Wildman–Crippen MR) is 129 cm³/mol. The molecule has 33 heavy (non-hydrogen) atoms. The van der Waals surface area contributed by atoms with Gasteiger partial charge in [-0.25, -0.2) is 9.48 Å². The van der Waals surface area contributed by atoms with Crippen molar-refractivity contribution >= 4 is 21.9 Å². The van der Waals surface area contributed by atoms with Gasteiger partial charge in [0, 0.05) is 18.8 Å². The summed E-state index contributed by atoms with van der Waals surface area (Å²) in [6.45, 7) is 8.04. The van der Waals surface area contributed by atoms with Crippen LogP contribution in [0, 0.1) is 13.8 Å². The Bertz CT molecular complexity index is 1640. The van der Waals surface area contributed by atoms with Crippen LogP contribution in [0.3, 0.4) is 0 Å². The molecule has 168 valence electrons. The average Bonchev–Trinajstić information content (AvgIpc) is 3.35. The lowest BCUT2D eigenvalue weighted by Crippen LogP contribution is -2.40. The quantitative estimate of drug-likeness (QED) is 0.427. The van der Waals surface area contributed by atoms with Gasteiger partial charge in [-0.3, -0.25) is 18.5 Å². The molecule has 0 aliphatic rings. The summed E-state index contributed by atoms with van der Waals surface area (Å²) >= 11 is 0. The van der Waals surface area contributed by atoms with Gasteiger partial charge in [0.2, 0.25) is 5.95 Å². The molecule has 0 unspecified atom stereocenters. The Morgan fingerprint density at radius 1 is 1.00 bits per heavy atom. The van der Waals surface area contributed by atoms with Gasteiger partial charge >= 0.3 is 5.69 Å². The highest BCUT2D eigenvalue weighted by Crippen LogP contribution is 2.23. The van der Waals surface area contributed by atoms with Crippen molar-refractivity contribution in [2.45, 2.75) is 40.3 Å². The van der Waals surface area contributed by atoms with E-state index in [9.17, 15) is 9.59 Å². The third kappa shape index (κ3) is 3.21. The van der Waals surface area contributed by atoms with Gasteiger partial charge in [0.25, 0.3) is 5.56 Å². The fraction of sp³-hybridized carbons (Fsp3) is 0.280. The number of imidazole rings is 1. The van der Waals surface area contributed by atoms with E-state index in [0.29, 0.717) is 17.1 Å². The molecule has 5 aromatic rings. The third-order valence-corrected chi connectivity index (χ3v) is 6.08. The van der Waals surface area contributed by atoms with Gasteiger partial charge in [0.05, 0.1) is 12.2 Å². The molecule has 3 heterocycles. The van der Waals surface area contributed by atoms with Crippen molar-refractivity contribution in [1.82, 2.24) is 28.5 Å². The second-order valence-electron chi connectivity index (χ2n) is 8.76. The highest BCUT2D eigenvalue weighted by Gasteiger charge is 2.24. The van der Waals surface area contributed by atoms with Gasteiger partial charge in [-0.1, -0.05) is 42.5 Å². The first-order valence-electron chi connectivity index (χ1n) is 11.0. The van der Waals surface area contributed by atoms with Crippen molar-refractivity contribution in [2.75, 3.05) is 0 Å². The van der Waals surface area contributed by atoms with Crippen LogP contribution < -0.4 is 11.2 Å². The zero-order chi connectivity index (χ0) is 23.4. The molecule has 5 rings (SSSR count). The molecule has 3 aromatic heterocycles. The Labute approximate surface area is 190 Å². The van der Waals surface area contributed by atoms with Crippen LogP contribution in [-0.4, -0.2) is 28.5 Å². The molecule has 0 N–H and O–H groups in total. The molecule has 0 amide bonds. The van der Waals surface area contributed by atoms with Crippen LogP contribution in [0.4, 0.5) is 0 Å². The van der Waals surface area contributed by atoms with E-state index in [2.05, 4.69) is 5.10 Å². The predicted octanol–water partition coefficient (Wildman–Crippen LogP) is 3.48. The van der Waals surface area contributed by atoms with Crippen LogP contribution in [0.1, 0.15) is 36.8 Å². The van der Waals surface area contributed by atoms with E-state index in [1.165, 1.54) is 9.13 Å². The number of aromatic nitrogens is 6. The van der Waals surface area contributed by atoms with Crippen molar-refractivity contribution in [1.29, 1.82) is 0 Å². The topological polar surface area (TPSA) is 79.6 Å². The number of fused-ring (bicyclic) bond motifs is 2. The van der Waals surface area contributed by atoms with E-state index in [1.807, 2.05) is 80.8 Å². The third-order valence-electron chi connectivity index (χ3n) is 6.08. The van der Waals surface area contributed by atoms with Crippen LogP contribution in [0.2, 0.25) is 0 Å². The smallest absolute Gasteiger partial charge is 0.300 e. The van der Waals surface area contributed by atoms with Crippen molar-refractivity contribution in [3.8, 4) is 5.95 Å². The Morgan fingerprint density at radius 3 is 2.42 bits per heavy atom. The SMILES string of the molecule is Cc1cc(C)n(-c2nc3c(c(=O)n(Cc4cccc5ccccc45)c(=O)n3C)n2C(C)C)n1. The fourth-order valence-electron chi connectivity index (χ4n) is 4.54. The summed E-state index contributed by atoms with van der Waals surface area (Å²) in [7, 11) is 1.66. The monoisotopic (exact) mass is 442 g/mol. The standard InChI is InChI=1S/C25H26N6O2/c1-15(2)30-21-22(26-24(30)31-17(4)13-16(3)27-31)28(5)25(33)29(23(21)32)14-19-11-8-10-18-9-6-7-12-20(18)19/h6-13,15H,14H2,1-5H3. The maximum absolute atomic E-state index is 13.8. The molecular weight excluding hydrogens is 416 g/mol. The molecule has 0 spiro atoms. The minimum atomic E-state index is -0.395. The molecule has 0 saturated carbocycles. The van der Waals surface area contributed by atoms with Crippen LogP contribution in [0.25, 0.3) is 27.9 Å². The normalized spacial score (nSPS) is 11.8. The van der Waals surface area contributed by atoms with Crippen LogP contribution in [0.15, 0.2) is 58.1 Å². The Kier molecular flexibility index (Phi) is 4.81. The average molecular weight is 443 g/mol. The van der Waals surface area contributed by atoms with Crippen LogP contribution in [0.5, 0.6) is 0 Å². The molecule has 8 heteroatoms. The van der Waals surface area contributed by atoms with Crippen molar-refractivity contribution in [3.05, 3.63) is 86.3 Å². The van der Waals surface area contributed by atoms with E-state index in [-0.39, 0.29) is 18.1 Å². The van der Waals surface area contributed by atoms with E-state index >= 15 is 0 Å². The van der Waals surface area contributed by atoms with Gasteiger partial charge < -0.3 is 0 Å². The van der Waals surface area contributed by atoms with Crippen LogP contribution in [-0.2, 0) is 13.6 Å². The second kappa shape index (κ2) is 7.58. The van der Waals surface area contributed by atoms with Crippen molar-refractivity contribution in [3.63, 3.8) is 0 Å². The maximum atomic E-state index is 13.8. The van der Waals surface area contributed by atoms with Gasteiger partial charge in [-0.05, 0) is 50.1 Å². The number of benzene rings is 2. The summed E-state index contributed by atoms with van der Waals surface area (Å²) in [6.07, 6.45) is 0. The molecule has 0 saturated heterocycles. The second-order valence-corrected chi connectivity index (χ2v) is 8.76. The highest BCUT2D eigenvalue weighted by molar-refractivity contribution is 5.85. The summed E-state index contributed by atoms with van der Waals surface area (Å²) in [5, 5.41) is 6.65. The lowest BCUT2D eigenvalue weighted by atomic mass is 10.0. The summed E-state index contributed by atoms with van der Waals surface area (Å²) in [5.41, 5.74) is 2.69. The molecule has 0 radical (unpaired) electrons. The Hall–Kier alpha value is -3.94. The molecular formula is C25H26N6O2. The maximum Gasteiger partial charge on any atom is 0.332 e. The number of nitrogens with zero attached hydrogens (tertiary/aromatic N) is 6. The molecule has 8 nitrogen and oxygen atoms in total. The molecule has 0 bridgehead atoms. The fourth-order valence-corrected chi connectivity index (χ4v) is 4.54. The summed E-state index contributed by atoms with van der Waals surface area (Å²) in [6, 6.07) is 15.8. The summed E-state index contributed by atoms with van der Waals surface area (Å²) < 4.78 is 6.36. The Morgan fingerprint density at radius 2 is 1.73 bits per heavy atom. The zero-order valence-corrected chi connectivity index (χ0v) is 19.4. The zero-order valence-electron chi connectivity index (χ0n) is 19.4. The number of rotatable bonds is 4. The van der Waals surface area contributed by atoms with E-state index in [1.54, 1.807) is 11.7 Å². The van der Waals surface area contributed by atoms with Crippen molar-refractivity contribution < 1.29 is 0 Å². The van der Waals surface area contributed by atoms with E-state index in [4.69, 9.17) is 4.98 Å².